The average molecular weight is 189 g/mol. The summed E-state index contributed by atoms with van der Waals surface area (Å²) in [6.45, 7) is 3.41. The third-order valence-corrected chi connectivity index (χ3v) is 1.53. The van der Waals surface area contributed by atoms with Gasteiger partial charge in [-0.05, 0) is 20.3 Å². The molecular weight excluding hydrogens is 174 g/mol. The van der Waals surface area contributed by atoms with Gasteiger partial charge in [0.1, 0.15) is 6.42 Å². The van der Waals surface area contributed by atoms with Gasteiger partial charge in [-0.3, -0.25) is 9.59 Å². The Bertz CT molecular complexity index is 200. The first-order valence-corrected chi connectivity index (χ1v) is 4.01. The summed E-state index contributed by atoms with van der Waals surface area (Å²) >= 11 is 0. The van der Waals surface area contributed by atoms with Crippen LogP contribution in [0.1, 0.15) is 26.7 Å². The molecule has 0 fully saturated rings. The van der Waals surface area contributed by atoms with Gasteiger partial charge in [-0.25, -0.2) is 0 Å². The highest BCUT2D eigenvalue weighted by Gasteiger charge is 2.20. The molecule has 5 heteroatoms. The number of nitrogens with one attached hydrogen (secondary N) is 1. The van der Waals surface area contributed by atoms with Crippen molar-refractivity contribution in [1.82, 2.24) is 5.32 Å². The number of aliphatic hydroxyl groups is 1. The van der Waals surface area contributed by atoms with Gasteiger partial charge in [0.05, 0.1) is 0 Å². The molecule has 0 saturated carbocycles. The molecule has 0 aliphatic carbocycles. The average Bonchev–Trinajstić information content (AvgIpc) is 1.81. The molecule has 0 rings (SSSR count). The Balaban J connectivity index is 3.96. The number of carboxylic acids is 1. The molecule has 76 valence electrons. The molecule has 0 atom stereocenters. The third kappa shape index (κ3) is 6.10. The van der Waals surface area contributed by atoms with Gasteiger partial charge in [-0.2, -0.15) is 0 Å². The molecule has 0 unspecified atom stereocenters. The van der Waals surface area contributed by atoms with Crippen molar-refractivity contribution >= 4 is 11.9 Å². The number of aliphatic hydroxyl groups excluding tert-OH is 1. The van der Waals surface area contributed by atoms with E-state index in [1.807, 2.05) is 0 Å². The lowest BCUT2D eigenvalue weighted by molar-refractivity contribution is -0.141. The van der Waals surface area contributed by atoms with Crippen LogP contribution >= 0.6 is 0 Å². The normalized spacial score (nSPS) is 11.0. The summed E-state index contributed by atoms with van der Waals surface area (Å²) in [5, 5.41) is 19.4. The number of amides is 1. The van der Waals surface area contributed by atoms with Crippen LogP contribution in [0, 0.1) is 0 Å². The van der Waals surface area contributed by atoms with E-state index in [0.717, 1.165) is 0 Å². The molecule has 0 aromatic heterocycles. The second-order valence-corrected chi connectivity index (χ2v) is 3.48. The van der Waals surface area contributed by atoms with Crippen LogP contribution in [0.3, 0.4) is 0 Å². The number of rotatable bonds is 5. The predicted molar refractivity (Wildman–Crippen MR) is 46.2 cm³/mol. The highest BCUT2D eigenvalue weighted by Crippen LogP contribution is 2.07. The summed E-state index contributed by atoms with van der Waals surface area (Å²) in [5.74, 6) is -1.69. The lowest BCUT2D eigenvalue weighted by Crippen LogP contribution is -2.44. The molecule has 0 aromatic rings. The Hall–Kier alpha value is -1.10. The summed E-state index contributed by atoms with van der Waals surface area (Å²) in [5.41, 5.74) is -0.554. The van der Waals surface area contributed by atoms with E-state index in [9.17, 15) is 9.59 Å². The molecule has 0 aromatic carbocycles. The molecule has 1 amide bonds. The smallest absolute Gasteiger partial charge is 0.312 e. The summed E-state index contributed by atoms with van der Waals surface area (Å²) in [6.07, 6.45) is -0.132. The molecule has 0 heterocycles. The second-order valence-electron chi connectivity index (χ2n) is 3.48. The van der Waals surface area contributed by atoms with Gasteiger partial charge >= 0.3 is 5.97 Å². The van der Waals surface area contributed by atoms with Crippen LogP contribution in [0.4, 0.5) is 0 Å². The number of hydrogen-bond acceptors (Lipinski definition) is 3. The standard InChI is InChI=1S/C8H15NO4/c1-8(2,3-4-10)9-6(11)5-7(12)13/h10H,3-5H2,1-2H3,(H,9,11)(H,12,13). The minimum atomic E-state index is -1.16. The minimum absolute atomic E-state index is 0.0413. The maximum atomic E-state index is 11.0. The van der Waals surface area contributed by atoms with Crippen molar-refractivity contribution in [2.24, 2.45) is 0 Å². The molecule has 0 spiro atoms. The monoisotopic (exact) mass is 189 g/mol. The Morgan fingerprint density at radius 2 is 1.92 bits per heavy atom. The van der Waals surface area contributed by atoms with E-state index in [2.05, 4.69) is 5.32 Å². The number of hydrogen-bond donors (Lipinski definition) is 3. The van der Waals surface area contributed by atoms with E-state index < -0.39 is 23.8 Å². The molecular formula is C8H15NO4. The molecule has 13 heavy (non-hydrogen) atoms. The number of carbonyl (C=O) groups excluding carboxylic acids is 1. The molecule has 5 nitrogen and oxygen atoms in total. The predicted octanol–water partition coefficient (Wildman–Crippen LogP) is -0.262. The van der Waals surface area contributed by atoms with Gasteiger partial charge in [0.15, 0.2) is 0 Å². The quantitative estimate of drug-likeness (QED) is 0.520. The summed E-state index contributed by atoms with van der Waals surface area (Å²) in [6, 6.07) is 0. The van der Waals surface area contributed by atoms with Crippen molar-refractivity contribution in [3.05, 3.63) is 0 Å². The van der Waals surface area contributed by atoms with Crippen molar-refractivity contribution < 1.29 is 19.8 Å². The lowest BCUT2D eigenvalue weighted by atomic mass is 10.0. The van der Waals surface area contributed by atoms with Crippen molar-refractivity contribution in [1.29, 1.82) is 0 Å². The van der Waals surface area contributed by atoms with Crippen LogP contribution in [0.25, 0.3) is 0 Å². The molecule has 3 N–H and O–H groups in total. The largest absolute Gasteiger partial charge is 0.481 e. The van der Waals surface area contributed by atoms with Crippen LogP contribution in [-0.4, -0.2) is 34.2 Å². The van der Waals surface area contributed by atoms with Crippen molar-refractivity contribution in [2.75, 3.05) is 6.61 Å². The first-order chi connectivity index (χ1) is 5.87. The first kappa shape index (κ1) is 11.9. The molecule has 0 aliphatic heterocycles. The van der Waals surface area contributed by atoms with Crippen LogP contribution in [0.15, 0.2) is 0 Å². The number of aliphatic carboxylic acids is 1. The van der Waals surface area contributed by atoms with E-state index >= 15 is 0 Å². The SMILES string of the molecule is CC(C)(CCO)NC(=O)CC(=O)O. The minimum Gasteiger partial charge on any atom is -0.481 e. The highest BCUT2D eigenvalue weighted by molar-refractivity contribution is 5.93. The van der Waals surface area contributed by atoms with Crippen molar-refractivity contribution in [3.8, 4) is 0 Å². The van der Waals surface area contributed by atoms with Crippen LogP contribution in [0.2, 0.25) is 0 Å². The zero-order chi connectivity index (χ0) is 10.5. The van der Waals surface area contributed by atoms with E-state index in [4.69, 9.17) is 10.2 Å². The molecule has 0 aliphatic rings. The highest BCUT2D eigenvalue weighted by atomic mass is 16.4. The Morgan fingerprint density at radius 1 is 1.38 bits per heavy atom. The van der Waals surface area contributed by atoms with Gasteiger partial charge in [0.2, 0.25) is 5.91 Å². The summed E-state index contributed by atoms with van der Waals surface area (Å²) in [4.78, 5) is 21.1. The maximum Gasteiger partial charge on any atom is 0.312 e. The Labute approximate surface area is 76.8 Å². The third-order valence-electron chi connectivity index (χ3n) is 1.53. The maximum absolute atomic E-state index is 11.0. The van der Waals surface area contributed by atoms with Gasteiger partial charge in [-0.1, -0.05) is 0 Å². The van der Waals surface area contributed by atoms with Crippen LogP contribution in [-0.2, 0) is 9.59 Å². The van der Waals surface area contributed by atoms with Gasteiger partial charge < -0.3 is 15.5 Å². The fraction of sp³-hybridized carbons (Fsp3) is 0.750. The molecule has 0 saturated heterocycles. The molecule has 0 radical (unpaired) electrons. The van der Waals surface area contributed by atoms with Crippen LogP contribution < -0.4 is 5.32 Å². The van der Waals surface area contributed by atoms with Crippen LogP contribution in [0.5, 0.6) is 0 Å². The van der Waals surface area contributed by atoms with Crippen molar-refractivity contribution in [3.63, 3.8) is 0 Å². The van der Waals surface area contributed by atoms with E-state index in [1.54, 1.807) is 13.8 Å². The van der Waals surface area contributed by atoms with Gasteiger partial charge in [-0.15, -0.1) is 0 Å². The fourth-order valence-electron chi connectivity index (χ4n) is 0.901. The van der Waals surface area contributed by atoms with Crippen molar-refractivity contribution in [2.45, 2.75) is 32.2 Å². The lowest BCUT2D eigenvalue weighted by Gasteiger charge is -2.24. The second kappa shape index (κ2) is 4.81. The zero-order valence-electron chi connectivity index (χ0n) is 7.83. The Morgan fingerprint density at radius 3 is 2.31 bits per heavy atom. The van der Waals surface area contributed by atoms with E-state index in [-0.39, 0.29) is 6.61 Å². The Kier molecular flexibility index (Phi) is 4.40. The van der Waals surface area contributed by atoms with E-state index in [1.165, 1.54) is 0 Å². The van der Waals surface area contributed by atoms with Gasteiger partial charge in [0, 0.05) is 12.1 Å². The first-order valence-electron chi connectivity index (χ1n) is 4.01. The topological polar surface area (TPSA) is 86.6 Å². The fourth-order valence-corrected chi connectivity index (χ4v) is 0.901. The number of carbonyl (C=O) groups is 2. The molecule has 0 bridgehead atoms. The summed E-state index contributed by atoms with van der Waals surface area (Å²) < 4.78 is 0. The summed E-state index contributed by atoms with van der Waals surface area (Å²) in [7, 11) is 0. The zero-order valence-corrected chi connectivity index (χ0v) is 7.83. The number of carboxylic acid groups (broad SMARTS) is 1. The van der Waals surface area contributed by atoms with Gasteiger partial charge in [0.25, 0.3) is 0 Å². The van der Waals surface area contributed by atoms with E-state index in [0.29, 0.717) is 6.42 Å².